The number of aromatic nitrogens is 4. The van der Waals surface area contributed by atoms with Gasteiger partial charge in [-0.2, -0.15) is 9.50 Å². The van der Waals surface area contributed by atoms with Crippen LogP contribution in [0.15, 0.2) is 10.8 Å². The Hall–Kier alpha value is -1.37. The zero-order chi connectivity index (χ0) is 8.72. The fraction of sp³-hybridized carbons (Fsp3) is 0. The Balaban J connectivity index is 2.92. The van der Waals surface area contributed by atoms with Gasteiger partial charge in [0, 0.05) is 0 Å². The van der Waals surface area contributed by atoms with E-state index in [-0.39, 0.29) is 11.8 Å². The van der Waals surface area contributed by atoms with E-state index in [2.05, 4.69) is 31.0 Å². The van der Waals surface area contributed by atoms with Gasteiger partial charge in [0.25, 0.3) is 0 Å². The maximum atomic E-state index is 5.54. The van der Waals surface area contributed by atoms with E-state index in [1.807, 2.05) is 0 Å². The molecule has 2 aromatic heterocycles. The molecule has 0 aliphatic rings. The largest absolute Gasteiger partial charge is 0.380 e. The first kappa shape index (κ1) is 7.29. The summed E-state index contributed by atoms with van der Waals surface area (Å²) in [4.78, 5) is 7.72. The van der Waals surface area contributed by atoms with Crippen LogP contribution >= 0.6 is 15.9 Å². The minimum atomic E-state index is 0.124. The maximum absolute atomic E-state index is 5.54. The summed E-state index contributed by atoms with van der Waals surface area (Å²) in [5, 5.41) is 3.89. The van der Waals surface area contributed by atoms with Gasteiger partial charge in [-0.1, -0.05) is 0 Å². The van der Waals surface area contributed by atoms with E-state index in [1.165, 1.54) is 4.52 Å². The van der Waals surface area contributed by atoms with Crippen molar-refractivity contribution in [2.75, 3.05) is 11.5 Å². The lowest BCUT2D eigenvalue weighted by atomic mass is 10.7. The van der Waals surface area contributed by atoms with Crippen LogP contribution < -0.4 is 11.5 Å². The summed E-state index contributed by atoms with van der Waals surface area (Å²) in [6.07, 6.45) is 1.58. The molecule has 0 amide bonds. The minimum absolute atomic E-state index is 0.124. The van der Waals surface area contributed by atoms with Crippen molar-refractivity contribution >= 4 is 33.3 Å². The van der Waals surface area contributed by atoms with Crippen molar-refractivity contribution in [3.63, 3.8) is 0 Å². The number of nitrogen functional groups attached to an aromatic ring is 2. The highest BCUT2D eigenvalue weighted by atomic mass is 79.9. The highest BCUT2D eigenvalue weighted by molar-refractivity contribution is 9.10. The lowest BCUT2D eigenvalue weighted by molar-refractivity contribution is 0.898. The molecular formula is C5H5BrN6. The Labute approximate surface area is 75.7 Å². The number of hydrogen-bond donors (Lipinski definition) is 2. The predicted molar refractivity (Wildman–Crippen MR) is 47.3 cm³/mol. The molecule has 0 radical (unpaired) electrons. The molecule has 0 aliphatic heterocycles. The van der Waals surface area contributed by atoms with E-state index in [0.717, 1.165) is 0 Å². The topological polar surface area (TPSA) is 95.1 Å². The van der Waals surface area contributed by atoms with E-state index < -0.39 is 0 Å². The first-order chi connectivity index (χ1) is 5.68. The van der Waals surface area contributed by atoms with Gasteiger partial charge in [0.2, 0.25) is 5.95 Å². The van der Waals surface area contributed by atoms with Gasteiger partial charge >= 0.3 is 0 Å². The molecule has 12 heavy (non-hydrogen) atoms. The van der Waals surface area contributed by atoms with Gasteiger partial charge in [0.1, 0.15) is 4.60 Å². The van der Waals surface area contributed by atoms with E-state index in [0.29, 0.717) is 10.3 Å². The molecule has 4 N–H and O–H groups in total. The molecule has 0 atom stereocenters. The Morgan fingerprint density at radius 2 is 2.17 bits per heavy atom. The van der Waals surface area contributed by atoms with Crippen molar-refractivity contribution in [3.05, 3.63) is 10.8 Å². The molecule has 0 fully saturated rings. The fourth-order valence-corrected chi connectivity index (χ4v) is 1.24. The summed E-state index contributed by atoms with van der Waals surface area (Å²) in [5.74, 6) is 0.395. The smallest absolute Gasteiger partial charge is 0.240 e. The molecular weight excluding hydrogens is 224 g/mol. The Morgan fingerprint density at radius 1 is 1.42 bits per heavy atom. The molecule has 0 spiro atoms. The first-order valence-corrected chi connectivity index (χ1v) is 3.90. The molecule has 0 aromatic carbocycles. The quantitative estimate of drug-likeness (QED) is 0.665. The summed E-state index contributed by atoms with van der Waals surface area (Å²) >= 11 is 3.23. The Bertz CT molecular complexity index is 435. The summed E-state index contributed by atoms with van der Waals surface area (Å²) < 4.78 is 2.18. The van der Waals surface area contributed by atoms with Crippen LogP contribution in [-0.2, 0) is 0 Å². The second kappa shape index (κ2) is 2.31. The number of nitrogens with two attached hydrogens (primary N) is 2. The maximum Gasteiger partial charge on any atom is 0.240 e. The molecule has 7 heteroatoms. The third kappa shape index (κ3) is 0.900. The number of rotatable bonds is 0. The van der Waals surface area contributed by atoms with Gasteiger partial charge in [-0.3, -0.25) is 0 Å². The van der Waals surface area contributed by atoms with Crippen molar-refractivity contribution in [1.29, 1.82) is 0 Å². The van der Waals surface area contributed by atoms with Crippen LogP contribution in [0.5, 0.6) is 0 Å². The van der Waals surface area contributed by atoms with Crippen LogP contribution in [0.25, 0.3) is 5.65 Å². The molecule has 2 aromatic rings. The van der Waals surface area contributed by atoms with Crippen LogP contribution in [-0.4, -0.2) is 19.6 Å². The number of fused-ring (bicyclic) bond motifs is 1. The average Bonchev–Trinajstić information content (AvgIpc) is 2.33. The average molecular weight is 229 g/mol. The summed E-state index contributed by atoms with van der Waals surface area (Å²) in [6.45, 7) is 0. The van der Waals surface area contributed by atoms with Crippen LogP contribution in [0, 0.1) is 0 Å². The highest BCUT2D eigenvalue weighted by Gasteiger charge is 2.06. The van der Waals surface area contributed by atoms with Crippen LogP contribution in [0.3, 0.4) is 0 Å². The normalized spacial score (nSPS) is 10.8. The van der Waals surface area contributed by atoms with Gasteiger partial charge in [-0.15, -0.1) is 5.10 Å². The van der Waals surface area contributed by atoms with Gasteiger partial charge in [-0.25, -0.2) is 4.98 Å². The molecule has 2 heterocycles. The van der Waals surface area contributed by atoms with Crippen molar-refractivity contribution < 1.29 is 0 Å². The van der Waals surface area contributed by atoms with Crippen molar-refractivity contribution in [2.24, 2.45) is 0 Å². The molecule has 0 saturated carbocycles. The number of halogens is 1. The summed E-state index contributed by atoms with van der Waals surface area (Å²) in [5.41, 5.74) is 11.4. The second-order valence-corrected chi connectivity index (χ2v) is 2.98. The first-order valence-electron chi connectivity index (χ1n) is 3.10. The number of nitrogens with zero attached hydrogens (tertiary/aromatic N) is 4. The van der Waals surface area contributed by atoms with Crippen LogP contribution in [0.2, 0.25) is 0 Å². The Morgan fingerprint density at radius 3 is 2.92 bits per heavy atom. The van der Waals surface area contributed by atoms with E-state index in [1.54, 1.807) is 6.20 Å². The highest BCUT2D eigenvalue weighted by Crippen LogP contribution is 2.15. The zero-order valence-corrected chi connectivity index (χ0v) is 7.48. The van der Waals surface area contributed by atoms with Gasteiger partial charge < -0.3 is 11.5 Å². The van der Waals surface area contributed by atoms with Crippen LogP contribution in [0.1, 0.15) is 0 Å². The standard InChI is InChI=1S/C5H5BrN6/c6-2-1-9-4-3(7)10-5(8)11-12(2)4/h1H,(H4,7,8,10,11). The van der Waals surface area contributed by atoms with Crippen LogP contribution in [0.4, 0.5) is 11.8 Å². The summed E-state index contributed by atoms with van der Waals surface area (Å²) in [6, 6.07) is 0. The summed E-state index contributed by atoms with van der Waals surface area (Å²) in [7, 11) is 0. The van der Waals surface area contributed by atoms with Gasteiger partial charge in [0.05, 0.1) is 6.20 Å². The molecule has 0 saturated heterocycles. The fourth-order valence-electron chi connectivity index (χ4n) is 0.893. The van der Waals surface area contributed by atoms with Crippen molar-refractivity contribution in [3.8, 4) is 0 Å². The molecule has 0 aliphatic carbocycles. The van der Waals surface area contributed by atoms with Gasteiger partial charge in [-0.05, 0) is 15.9 Å². The molecule has 62 valence electrons. The zero-order valence-electron chi connectivity index (χ0n) is 5.90. The molecule has 0 bridgehead atoms. The third-order valence-corrected chi connectivity index (χ3v) is 1.90. The van der Waals surface area contributed by atoms with Crippen molar-refractivity contribution in [1.82, 2.24) is 19.6 Å². The second-order valence-electron chi connectivity index (χ2n) is 2.17. The van der Waals surface area contributed by atoms with E-state index in [9.17, 15) is 0 Å². The minimum Gasteiger partial charge on any atom is -0.380 e. The predicted octanol–water partition coefficient (Wildman–Crippen LogP) is 0.0512. The monoisotopic (exact) mass is 228 g/mol. The molecule has 2 rings (SSSR count). The number of hydrogen-bond acceptors (Lipinski definition) is 5. The molecule has 0 unspecified atom stereocenters. The lowest BCUT2D eigenvalue weighted by Crippen LogP contribution is -2.05. The van der Waals surface area contributed by atoms with Crippen molar-refractivity contribution in [2.45, 2.75) is 0 Å². The Kier molecular flexibility index (Phi) is 1.40. The number of anilines is 2. The number of imidazole rings is 1. The molecule has 6 nitrogen and oxygen atoms in total. The van der Waals surface area contributed by atoms with E-state index in [4.69, 9.17) is 11.5 Å². The SMILES string of the molecule is Nc1nc(N)c2ncc(Br)n2n1. The lowest BCUT2D eigenvalue weighted by Gasteiger charge is -1.97. The van der Waals surface area contributed by atoms with E-state index >= 15 is 0 Å². The van der Waals surface area contributed by atoms with Gasteiger partial charge in [0.15, 0.2) is 11.5 Å². The third-order valence-electron chi connectivity index (χ3n) is 1.36.